The third-order valence-electron chi connectivity index (χ3n) is 2.23. The number of hydrogen-bond donors (Lipinski definition) is 1. The van der Waals surface area contributed by atoms with Crippen molar-refractivity contribution < 1.29 is 13.9 Å². The fourth-order valence-corrected chi connectivity index (χ4v) is 1.38. The minimum Gasteiger partial charge on any atom is -0.379 e. The van der Waals surface area contributed by atoms with Crippen LogP contribution in [0.3, 0.4) is 0 Å². The molecule has 1 aromatic carbocycles. The standard InChI is InChI=1S/C14H18FNO2/c1-2-17-8-9-18-11-13-5-6-14(15)10-12(13)4-3-7-16/h5-6,10H,2,7-9,11,16H2,1H3. The molecule has 0 fully saturated rings. The summed E-state index contributed by atoms with van der Waals surface area (Å²) in [6.07, 6.45) is 0. The van der Waals surface area contributed by atoms with Crippen molar-refractivity contribution in [2.45, 2.75) is 13.5 Å². The molecule has 1 aromatic rings. The van der Waals surface area contributed by atoms with Gasteiger partial charge in [0.1, 0.15) is 5.82 Å². The maximum Gasteiger partial charge on any atom is 0.124 e. The second kappa shape index (κ2) is 8.65. The summed E-state index contributed by atoms with van der Waals surface area (Å²) in [6, 6.07) is 4.47. The Morgan fingerprint density at radius 3 is 2.78 bits per heavy atom. The van der Waals surface area contributed by atoms with Crippen molar-refractivity contribution in [1.82, 2.24) is 0 Å². The summed E-state index contributed by atoms with van der Waals surface area (Å²) in [4.78, 5) is 0. The molecule has 0 aromatic heterocycles. The maximum absolute atomic E-state index is 13.1. The van der Waals surface area contributed by atoms with Gasteiger partial charge < -0.3 is 15.2 Å². The largest absolute Gasteiger partial charge is 0.379 e. The number of hydrogen-bond acceptors (Lipinski definition) is 3. The van der Waals surface area contributed by atoms with Crippen molar-refractivity contribution in [2.24, 2.45) is 5.73 Å². The Bertz CT molecular complexity index is 424. The van der Waals surface area contributed by atoms with Gasteiger partial charge in [0.15, 0.2) is 0 Å². The van der Waals surface area contributed by atoms with E-state index < -0.39 is 0 Å². The summed E-state index contributed by atoms with van der Waals surface area (Å²) in [5.41, 5.74) is 6.78. The molecule has 98 valence electrons. The van der Waals surface area contributed by atoms with Crippen LogP contribution in [0.5, 0.6) is 0 Å². The normalized spacial score (nSPS) is 9.94. The van der Waals surface area contributed by atoms with Gasteiger partial charge in [-0.3, -0.25) is 0 Å². The monoisotopic (exact) mass is 251 g/mol. The third-order valence-corrected chi connectivity index (χ3v) is 2.23. The molecule has 0 radical (unpaired) electrons. The van der Waals surface area contributed by atoms with Gasteiger partial charge in [-0.2, -0.15) is 0 Å². The Labute approximate surface area is 107 Å². The Hall–Kier alpha value is -1.41. The van der Waals surface area contributed by atoms with Crippen LogP contribution in [0.4, 0.5) is 4.39 Å². The number of benzene rings is 1. The molecule has 1 rings (SSSR count). The van der Waals surface area contributed by atoms with Gasteiger partial charge in [0.2, 0.25) is 0 Å². The van der Waals surface area contributed by atoms with Crippen molar-refractivity contribution in [2.75, 3.05) is 26.4 Å². The van der Waals surface area contributed by atoms with E-state index in [0.29, 0.717) is 32.0 Å². The quantitative estimate of drug-likeness (QED) is 0.618. The molecule has 0 spiro atoms. The molecule has 4 heteroatoms. The molecular weight excluding hydrogens is 233 g/mol. The fourth-order valence-electron chi connectivity index (χ4n) is 1.38. The van der Waals surface area contributed by atoms with Crippen molar-refractivity contribution in [3.63, 3.8) is 0 Å². The predicted molar refractivity (Wildman–Crippen MR) is 68.5 cm³/mol. The number of halogens is 1. The Morgan fingerprint density at radius 2 is 2.06 bits per heavy atom. The van der Waals surface area contributed by atoms with E-state index in [1.54, 1.807) is 6.07 Å². The lowest BCUT2D eigenvalue weighted by molar-refractivity contribution is 0.0452. The molecule has 3 nitrogen and oxygen atoms in total. The van der Waals surface area contributed by atoms with Gasteiger partial charge in [-0.15, -0.1) is 0 Å². The first-order chi connectivity index (χ1) is 8.77. The van der Waals surface area contributed by atoms with Crippen molar-refractivity contribution in [1.29, 1.82) is 0 Å². The summed E-state index contributed by atoms with van der Waals surface area (Å²) in [7, 11) is 0. The van der Waals surface area contributed by atoms with E-state index in [-0.39, 0.29) is 12.4 Å². The molecule has 0 saturated heterocycles. The van der Waals surface area contributed by atoms with Crippen LogP contribution in [0.1, 0.15) is 18.1 Å². The van der Waals surface area contributed by atoms with Gasteiger partial charge in [-0.1, -0.05) is 17.9 Å². The molecule has 0 unspecified atom stereocenters. The van der Waals surface area contributed by atoms with E-state index in [0.717, 1.165) is 5.56 Å². The number of nitrogens with two attached hydrogens (primary N) is 1. The number of rotatable bonds is 6. The number of ether oxygens (including phenoxy) is 2. The molecule has 0 aliphatic carbocycles. The average molecular weight is 251 g/mol. The zero-order chi connectivity index (χ0) is 13.2. The first-order valence-electron chi connectivity index (χ1n) is 5.90. The van der Waals surface area contributed by atoms with Gasteiger partial charge >= 0.3 is 0 Å². The molecule has 0 bridgehead atoms. The van der Waals surface area contributed by atoms with Crippen LogP contribution in [0.25, 0.3) is 0 Å². The molecule has 0 saturated carbocycles. The minimum absolute atomic E-state index is 0.251. The summed E-state index contributed by atoms with van der Waals surface area (Å²) < 4.78 is 23.7. The van der Waals surface area contributed by atoms with Crippen LogP contribution in [-0.2, 0) is 16.1 Å². The maximum atomic E-state index is 13.1. The average Bonchev–Trinajstić information content (AvgIpc) is 2.38. The van der Waals surface area contributed by atoms with Gasteiger partial charge in [0, 0.05) is 12.2 Å². The Balaban J connectivity index is 2.58. The van der Waals surface area contributed by atoms with Crippen LogP contribution in [0.2, 0.25) is 0 Å². The van der Waals surface area contributed by atoms with Gasteiger partial charge in [-0.25, -0.2) is 4.39 Å². The second-order valence-electron chi connectivity index (χ2n) is 3.56. The van der Waals surface area contributed by atoms with Gasteiger partial charge in [0.05, 0.1) is 26.4 Å². The van der Waals surface area contributed by atoms with E-state index in [9.17, 15) is 4.39 Å². The summed E-state index contributed by atoms with van der Waals surface area (Å²) in [5, 5.41) is 0. The van der Waals surface area contributed by atoms with Crippen molar-refractivity contribution in [3.05, 3.63) is 35.1 Å². The molecule has 18 heavy (non-hydrogen) atoms. The Morgan fingerprint density at radius 1 is 1.28 bits per heavy atom. The molecule has 0 amide bonds. The molecule has 0 atom stereocenters. The van der Waals surface area contributed by atoms with E-state index in [1.807, 2.05) is 6.92 Å². The molecular formula is C14H18FNO2. The fraction of sp³-hybridized carbons (Fsp3) is 0.429. The smallest absolute Gasteiger partial charge is 0.124 e. The molecule has 0 aliphatic rings. The molecule has 0 aliphatic heterocycles. The lowest BCUT2D eigenvalue weighted by Crippen LogP contribution is -2.05. The highest BCUT2D eigenvalue weighted by atomic mass is 19.1. The highest BCUT2D eigenvalue weighted by Gasteiger charge is 2.02. The predicted octanol–water partition coefficient (Wildman–Crippen LogP) is 1.69. The van der Waals surface area contributed by atoms with Gasteiger partial charge in [-0.05, 0) is 24.6 Å². The zero-order valence-electron chi connectivity index (χ0n) is 10.5. The third kappa shape index (κ3) is 5.28. The molecule has 2 N–H and O–H groups in total. The first kappa shape index (κ1) is 14.7. The van der Waals surface area contributed by atoms with E-state index in [4.69, 9.17) is 15.2 Å². The Kier molecular flexibility index (Phi) is 7.04. The van der Waals surface area contributed by atoms with Crippen LogP contribution in [0, 0.1) is 17.7 Å². The van der Waals surface area contributed by atoms with Crippen LogP contribution in [-0.4, -0.2) is 26.4 Å². The second-order valence-corrected chi connectivity index (χ2v) is 3.56. The van der Waals surface area contributed by atoms with Crippen LogP contribution in [0.15, 0.2) is 18.2 Å². The SMILES string of the molecule is CCOCCOCc1ccc(F)cc1C#CCN. The van der Waals surface area contributed by atoms with Crippen LogP contribution < -0.4 is 5.73 Å². The van der Waals surface area contributed by atoms with Crippen LogP contribution >= 0.6 is 0 Å². The topological polar surface area (TPSA) is 44.5 Å². The summed E-state index contributed by atoms with van der Waals surface area (Å²) in [6.45, 7) is 4.31. The summed E-state index contributed by atoms with van der Waals surface area (Å²) >= 11 is 0. The van der Waals surface area contributed by atoms with Crippen molar-refractivity contribution in [3.8, 4) is 11.8 Å². The van der Waals surface area contributed by atoms with E-state index in [1.165, 1.54) is 12.1 Å². The lowest BCUT2D eigenvalue weighted by Gasteiger charge is -2.07. The highest BCUT2D eigenvalue weighted by Crippen LogP contribution is 2.11. The highest BCUT2D eigenvalue weighted by molar-refractivity contribution is 5.41. The van der Waals surface area contributed by atoms with E-state index in [2.05, 4.69) is 11.8 Å². The zero-order valence-corrected chi connectivity index (χ0v) is 10.5. The summed E-state index contributed by atoms with van der Waals surface area (Å²) in [5.74, 6) is 5.24. The van der Waals surface area contributed by atoms with Gasteiger partial charge in [0.25, 0.3) is 0 Å². The minimum atomic E-state index is -0.311. The van der Waals surface area contributed by atoms with E-state index >= 15 is 0 Å². The first-order valence-corrected chi connectivity index (χ1v) is 5.90. The lowest BCUT2D eigenvalue weighted by atomic mass is 10.1. The van der Waals surface area contributed by atoms with Crippen molar-refractivity contribution >= 4 is 0 Å². The molecule has 0 heterocycles.